The lowest BCUT2D eigenvalue weighted by Gasteiger charge is -2.08. The Bertz CT molecular complexity index is 726. The molecule has 0 aliphatic heterocycles. The predicted molar refractivity (Wildman–Crippen MR) is 81.3 cm³/mol. The topological polar surface area (TPSA) is 58.2 Å². The summed E-state index contributed by atoms with van der Waals surface area (Å²) in [5.74, 6) is -1.29. The van der Waals surface area contributed by atoms with Crippen molar-refractivity contribution in [3.63, 3.8) is 0 Å². The van der Waals surface area contributed by atoms with Gasteiger partial charge >= 0.3 is 0 Å². The first kappa shape index (κ1) is 14.3. The van der Waals surface area contributed by atoms with Crippen LogP contribution < -0.4 is 10.6 Å². The van der Waals surface area contributed by atoms with Crippen molar-refractivity contribution in [3.05, 3.63) is 65.5 Å². The number of anilines is 1. The number of hydrogen-bond acceptors (Lipinski definition) is 2. The van der Waals surface area contributed by atoms with Gasteiger partial charge in [0.2, 0.25) is 0 Å². The molecule has 2 aromatic carbocycles. The summed E-state index contributed by atoms with van der Waals surface area (Å²) in [7, 11) is 0. The highest BCUT2D eigenvalue weighted by Crippen LogP contribution is 2.20. The molecule has 1 fully saturated rings. The van der Waals surface area contributed by atoms with Gasteiger partial charge in [0, 0.05) is 17.3 Å². The van der Waals surface area contributed by atoms with Crippen molar-refractivity contribution in [2.45, 2.75) is 18.9 Å². The molecule has 4 nitrogen and oxygen atoms in total. The lowest BCUT2D eigenvalue weighted by Crippen LogP contribution is -2.25. The van der Waals surface area contributed by atoms with Crippen LogP contribution in [0.5, 0.6) is 0 Å². The number of nitrogens with one attached hydrogen (secondary N) is 2. The lowest BCUT2D eigenvalue weighted by molar-refractivity contribution is 0.0949. The zero-order chi connectivity index (χ0) is 15.5. The summed E-state index contributed by atoms with van der Waals surface area (Å²) in [6, 6.07) is 12.6. The molecule has 0 saturated heterocycles. The van der Waals surface area contributed by atoms with E-state index in [0.717, 1.165) is 12.8 Å². The quantitative estimate of drug-likeness (QED) is 0.911. The van der Waals surface area contributed by atoms with Crippen molar-refractivity contribution in [3.8, 4) is 0 Å². The van der Waals surface area contributed by atoms with Gasteiger partial charge in [0.25, 0.3) is 11.8 Å². The van der Waals surface area contributed by atoms with Gasteiger partial charge in [-0.05, 0) is 43.2 Å². The highest BCUT2D eigenvalue weighted by atomic mass is 19.1. The Morgan fingerprint density at radius 1 is 1.00 bits per heavy atom. The molecule has 3 rings (SSSR count). The molecule has 0 radical (unpaired) electrons. The zero-order valence-corrected chi connectivity index (χ0v) is 11.8. The molecule has 0 aromatic heterocycles. The maximum absolute atomic E-state index is 13.6. The third-order valence-electron chi connectivity index (χ3n) is 3.41. The monoisotopic (exact) mass is 298 g/mol. The van der Waals surface area contributed by atoms with E-state index in [1.807, 2.05) is 0 Å². The van der Waals surface area contributed by atoms with Gasteiger partial charge in [0.15, 0.2) is 0 Å². The minimum absolute atomic E-state index is 0.0321. The Morgan fingerprint density at radius 3 is 2.50 bits per heavy atom. The van der Waals surface area contributed by atoms with Crippen LogP contribution in [0.15, 0.2) is 48.5 Å². The molecule has 0 atom stereocenters. The first-order chi connectivity index (χ1) is 10.6. The molecular formula is C17H15FN2O2. The van der Waals surface area contributed by atoms with Crippen LogP contribution in [0.2, 0.25) is 0 Å². The second-order valence-corrected chi connectivity index (χ2v) is 5.26. The van der Waals surface area contributed by atoms with E-state index in [9.17, 15) is 14.0 Å². The molecule has 22 heavy (non-hydrogen) atoms. The summed E-state index contributed by atoms with van der Waals surface area (Å²) in [6.45, 7) is 0. The average molecular weight is 298 g/mol. The van der Waals surface area contributed by atoms with Crippen LogP contribution in [0.4, 0.5) is 10.1 Å². The number of halogens is 1. The first-order valence-corrected chi connectivity index (χ1v) is 7.10. The van der Waals surface area contributed by atoms with E-state index < -0.39 is 11.7 Å². The van der Waals surface area contributed by atoms with E-state index in [4.69, 9.17) is 0 Å². The second-order valence-electron chi connectivity index (χ2n) is 5.26. The van der Waals surface area contributed by atoms with Crippen LogP contribution in [-0.4, -0.2) is 17.9 Å². The van der Waals surface area contributed by atoms with Gasteiger partial charge < -0.3 is 10.6 Å². The third kappa shape index (κ3) is 3.31. The summed E-state index contributed by atoms with van der Waals surface area (Å²) in [5, 5.41) is 5.48. The standard InChI is InChI=1S/C17H15FN2O2/c18-15-7-2-1-6-14(15)17(22)20-13-5-3-4-11(10-13)16(21)19-12-8-9-12/h1-7,10,12H,8-9H2,(H,19,21)(H,20,22). The molecule has 0 heterocycles. The van der Waals surface area contributed by atoms with Crippen LogP contribution >= 0.6 is 0 Å². The van der Waals surface area contributed by atoms with E-state index in [-0.39, 0.29) is 17.5 Å². The van der Waals surface area contributed by atoms with Crippen LogP contribution in [-0.2, 0) is 0 Å². The zero-order valence-electron chi connectivity index (χ0n) is 11.8. The van der Waals surface area contributed by atoms with E-state index in [1.165, 1.54) is 18.2 Å². The van der Waals surface area contributed by atoms with E-state index >= 15 is 0 Å². The number of amides is 2. The molecule has 0 unspecified atom stereocenters. The van der Waals surface area contributed by atoms with Gasteiger partial charge in [0.05, 0.1) is 5.56 Å². The van der Waals surface area contributed by atoms with Crippen molar-refractivity contribution < 1.29 is 14.0 Å². The maximum atomic E-state index is 13.6. The molecule has 1 aliphatic rings. The molecule has 2 amide bonds. The molecule has 0 bridgehead atoms. The number of benzene rings is 2. The summed E-state index contributed by atoms with van der Waals surface area (Å²) in [4.78, 5) is 24.0. The molecule has 5 heteroatoms. The smallest absolute Gasteiger partial charge is 0.258 e. The number of hydrogen-bond donors (Lipinski definition) is 2. The van der Waals surface area contributed by atoms with Crippen LogP contribution in [0.1, 0.15) is 33.6 Å². The van der Waals surface area contributed by atoms with Crippen LogP contribution in [0.25, 0.3) is 0 Å². The Balaban J connectivity index is 1.73. The maximum Gasteiger partial charge on any atom is 0.258 e. The molecule has 112 valence electrons. The number of carbonyl (C=O) groups is 2. The Hall–Kier alpha value is -2.69. The largest absolute Gasteiger partial charge is 0.349 e. The fourth-order valence-corrected chi connectivity index (χ4v) is 2.08. The Labute approximate surface area is 127 Å². The van der Waals surface area contributed by atoms with E-state index in [0.29, 0.717) is 11.3 Å². The van der Waals surface area contributed by atoms with Crippen molar-refractivity contribution >= 4 is 17.5 Å². The van der Waals surface area contributed by atoms with Gasteiger partial charge in [-0.15, -0.1) is 0 Å². The van der Waals surface area contributed by atoms with E-state index in [1.54, 1.807) is 30.3 Å². The first-order valence-electron chi connectivity index (χ1n) is 7.10. The predicted octanol–water partition coefficient (Wildman–Crippen LogP) is 2.97. The minimum atomic E-state index is -0.581. The molecule has 2 aromatic rings. The van der Waals surface area contributed by atoms with Gasteiger partial charge in [-0.3, -0.25) is 9.59 Å². The molecule has 1 aliphatic carbocycles. The summed E-state index contributed by atoms with van der Waals surface area (Å²) >= 11 is 0. The van der Waals surface area contributed by atoms with Crippen molar-refractivity contribution in [1.29, 1.82) is 0 Å². The van der Waals surface area contributed by atoms with E-state index in [2.05, 4.69) is 10.6 Å². The van der Waals surface area contributed by atoms with Gasteiger partial charge in [-0.1, -0.05) is 18.2 Å². The minimum Gasteiger partial charge on any atom is -0.349 e. The number of carbonyl (C=O) groups excluding carboxylic acids is 2. The van der Waals surface area contributed by atoms with Crippen molar-refractivity contribution in [2.24, 2.45) is 0 Å². The van der Waals surface area contributed by atoms with Gasteiger partial charge in [0.1, 0.15) is 5.82 Å². The summed E-state index contributed by atoms with van der Waals surface area (Å²) in [6.07, 6.45) is 2.02. The summed E-state index contributed by atoms with van der Waals surface area (Å²) < 4.78 is 13.6. The fourth-order valence-electron chi connectivity index (χ4n) is 2.08. The van der Waals surface area contributed by atoms with Crippen molar-refractivity contribution in [2.75, 3.05) is 5.32 Å². The normalized spacial score (nSPS) is 13.5. The fraction of sp³-hybridized carbons (Fsp3) is 0.176. The van der Waals surface area contributed by atoms with Gasteiger partial charge in [-0.25, -0.2) is 4.39 Å². The average Bonchev–Trinajstić information content (AvgIpc) is 3.32. The van der Waals surface area contributed by atoms with Crippen molar-refractivity contribution in [1.82, 2.24) is 5.32 Å². The third-order valence-corrected chi connectivity index (χ3v) is 3.41. The highest BCUT2D eigenvalue weighted by Gasteiger charge is 2.23. The SMILES string of the molecule is O=C(NC1CC1)c1cccc(NC(=O)c2ccccc2F)c1. The highest BCUT2D eigenvalue weighted by molar-refractivity contribution is 6.05. The second kappa shape index (κ2) is 5.97. The lowest BCUT2D eigenvalue weighted by atomic mass is 10.1. The summed E-state index contributed by atoms with van der Waals surface area (Å²) in [5.41, 5.74) is 0.894. The number of rotatable bonds is 4. The Morgan fingerprint density at radius 2 is 1.77 bits per heavy atom. The van der Waals surface area contributed by atoms with Crippen LogP contribution in [0.3, 0.4) is 0 Å². The molecular weight excluding hydrogens is 283 g/mol. The molecule has 1 saturated carbocycles. The van der Waals surface area contributed by atoms with Crippen LogP contribution in [0, 0.1) is 5.82 Å². The molecule has 2 N–H and O–H groups in total. The Kier molecular flexibility index (Phi) is 3.87. The van der Waals surface area contributed by atoms with Gasteiger partial charge in [-0.2, -0.15) is 0 Å². The molecule has 0 spiro atoms.